The van der Waals surface area contributed by atoms with Crippen LogP contribution in [0.15, 0.2) is 42.5 Å². The Hall–Kier alpha value is -2.57. The number of anilines is 2. The zero-order valence-corrected chi connectivity index (χ0v) is 22.2. The fraction of sp³-hybridized carbons (Fsp3) is 0.567. The second-order valence-corrected chi connectivity index (χ2v) is 10.1. The van der Waals surface area contributed by atoms with Crippen molar-refractivity contribution < 1.29 is 14.3 Å². The molecule has 1 saturated heterocycles. The Labute approximate surface area is 217 Å². The molecule has 0 aliphatic carbocycles. The van der Waals surface area contributed by atoms with Crippen molar-refractivity contribution >= 4 is 17.3 Å². The Morgan fingerprint density at radius 2 is 1.64 bits per heavy atom. The second-order valence-electron chi connectivity index (χ2n) is 10.1. The van der Waals surface area contributed by atoms with E-state index in [0.29, 0.717) is 0 Å². The molecule has 1 fully saturated rings. The predicted molar refractivity (Wildman–Crippen MR) is 147 cm³/mol. The quantitative estimate of drug-likeness (QED) is 0.522. The summed E-state index contributed by atoms with van der Waals surface area (Å²) in [6, 6.07) is 15.2. The van der Waals surface area contributed by atoms with E-state index in [1.807, 2.05) is 4.90 Å². The van der Waals surface area contributed by atoms with Gasteiger partial charge in [0.15, 0.2) is 0 Å². The molecule has 0 aromatic heterocycles. The lowest BCUT2D eigenvalue weighted by molar-refractivity contribution is -0.116. The summed E-state index contributed by atoms with van der Waals surface area (Å²) < 4.78 is 11.4. The van der Waals surface area contributed by atoms with Crippen LogP contribution in [0.25, 0.3) is 0 Å². The van der Waals surface area contributed by atoms with E-state index >= 15 is 0 Å². The summed E-state index contributed by atoms with van der Waals surface area (Å²) in [7, 11) is 0. The van der Waals surface area contributed by atoms with Crippen LogP contribution in [0.1, 0.15) is 63.5 Å². The maximum absolute atomic E-state index is 12.7. The van der Waals surface area contributed by atoms with Crippen molar-refractivity contribution in [3.05, 3.63) is 53.6 Å². The topological polar surface area (TPSA) is 45.2 Å². The Bertz CT molecular complexity index is 956. The number of benzene rings is 2. The normalized spacial score (nSPS) is 18.2. The van der Waals surface area contributed by atoms with E-state index in [2.05, 4.69) is 59.2 Å². The van der Waals surface area contributed by atoms with Gasteiger partial charge in [-0.2, -0.15) is 0 Å². The SMILES string of the molecule is CCCOc1ccc(CN2CCCCCCCN(C(C)=O)c3ccc(N4CCOCC4)cc3C2)cc1. The van der Waals surface area contributed by atoms with Crippen LogP contribution in [-0.2, 0) is 22.6 Å². The summed E-state index contributed by atoms with van der Waals surface area (Å²) >= 11 is 0. The largest absolute Gasteiger partial charge is 0.494 e. The first-order chi connectivity index (χ1) is 17.6. The molecule has 6 heteroatoms. The molecule has 4 rings (SSSR count). The molecule has 0 radical (unpaired) electrons. The van der Waals surface area contributed by atoms with Gasteiger partial charge in [0.25, 0.3) is 0 Å². The highest BCUT2D eigenvalue weighted by Crippen LogP contribution is 2.30. The molecular weight excluding hydrogens is 450 g/mol. The average Bonchev–Trinajstić information content (AvgIpc) is 2.89. The first-order valence-electron chi connectivity index (χ1n) is 13.8. The zero-order valence-electron chi connectivity index (χ0n) is 22.2. The van der Waals surface area contributed by atoms with Crippen molar-refractivity contribution in [3.63, 3.8) is 0 Å². The van der Waals surface area contributed by atoms with E-state index in [0.717, 1.165) is 83.4 Å². The maximum atomic E-state index is 12.7. The number of ether oxygens (including phenoxy) is 2. The summed E-state index contributed by atoms with van der Waals surface area (Å²) in [6.45, 7) is 11.5. The number of carbonyl (C=O) groups is 1. The third kappa shape index (κ3) is 7.47. The molecule has 0 saturated carbocycles. The standard InChI is InChI=1S/C30H43N3O3/c1-3-19-36-29-12-9-26(10-13-29)23-31-15-7-5-4-6-8-16-33(25(2)34)30-14-11-28(22-27(30)24-31)32-17-20-35-21-18-32/h9-14,22H,3-8,15-21,23-24H2,1-2H3. The van der Waals surface area contributed by atoms with Crippen LogP contribution in [0.3, 0.4) is 0 Å². The minimum absolute atomic E-state index is 0.127. The molecule has 36 heavy (non-hydrogen) atoms. The van der Waals surface area contributed by atoms with E-state index in [1.54, 1.807) is 6.92 Å². The van der Waals surface area contributed by atoms with Crippen molar-refractivity contribution in [2.75, 3.05) is 55.8 Å². The number of hydrogen-bond donors (Lipinski definition) is 0. The molecule has 196 valence electrons. The maximum Gasteiger partial charge on any atom is 0.223 e. The summed E-state index contributed by atoms with van der Waals surface area (Å²) in [5, 5.41) is 0. The number of fused-ring (bicyclic) bond motifs is 1. The summed E-state index contributed by atoms with van der Waals surface area (Å²) in [6.07, 6.45) is 6.91. The highest BCUT2D eigenvalue weighted by Gasteiger charge is 2.21. The number of rotatable bonds is 6. The third-order valence-electron chi connectivity index (χ3n) is 7.16. The summed E-state index contributed by atoms with van der Waals surface area (Å²) in [4.78, 5) is 19.7. The van der Waals surface area contributed by atoms with Gasteiger partial charge in [-0.15, -0.1) is 0 Å². The van der Waals surface area contributed by atoms with E-state index in [1.165, 1.54) is 42.5 Å². The first-order valence-corrected chi connectivity index (χ1v) is 13.8. The van der Waals surface area contributed by atoms with Gasteiger partial charge in [0, 0.05) is 51.0 Å². The molecule has 2 aromatic rings. The van der Waals surface area contributed by atoms with Crippen molar-refractivity contribution in [2.24, 2.45) is 0 Å². The van der Waals surface area contributed by atoms with Crippen LogP contribution in [0, 0.1) is 0 Å². The predicted octanol–water partition coefficient (Wildman–Crippen LogP) is 5.63. The van der Waals surface area contributed by atoms with Gasteiger partial charge in [-0.25, -0.2) is 0 Å². The van der Waals surface area contributed by atoms with Crippen molar-refractivity contribution in [1.29, 1.82) is 0 Å². The summed E-state index contributed by atoms with van der Waals surface area (Å²) in [5.74, 6) is 1.06. The van der Waals surface area contributed by atoms with Gasteiger partial charge in [0.1, 0.15) is 5.75 Å². The zero-order chi connectivity index (χ0) is 25.2. The first kappa shape index (κ1) is 26.5. The highest BCUT2D eigenvalue weighted by atomic mass is 16.5. The fourth-order valence-electron chi connectivity index (χ4n) is 5.19. The van der Waals surface area contributed by atoms with E-state index in [-0.39, 0.29) is 5.91 Å². The minimum atomic E-state index is 0.127. The molecule has 0 spiro atoms. The molecule has 6 nitrogen and oxygen atoms in total. The second kappa shape index (κ2) is 13.7. The molecule has 0 unspecified atom stereocenters. The lowest BCUT2D eigenvalue weighted by Crippen LogP contribution is -2.36. The lowest BCUT2D eigenvalue weighted by atomic mass is 10.0. The number of amides is 1. The van der Waals surface area contributed by atoms with Gasteiger partial charge < -0.3 is 19.3 Å². The van der Waals surface area contributed by atoms with Gasteiger partial charge in [-0.1, -0.05) is 38.3 Å². The smallest absolute Gasteiger partial charge is 0.223 e. The molecule has 2 aromatic carbocycles. The van der Waals surface area contributed by atoms with Gasteiger partial charge in [0.05, 0.1) is 19.8 Å². The molecular formula is C30H43N3O3. The monoisotopic (exact) mass is 493 g/mol. The van der Waals surface area contributed by atoms with Gasteiger partial charge >= 0.3 is 0 Å². The lowest BCUT2D eigenvalue weighted by Gasteiger charge is -2.32. The summed E-state index contributed by atoms with van der Waals surface area (Å²) in [5.41, 5.74) is 4.82. The van der Waals surface area contributed by atoms with Crippen LogP contribution in [-0.4, -0.2) is 56.8 Å². The van der Waals surface area contributed by atoms with Crippen molar-refractivity contribution in [3.8, 4) is 5.75 Å². The van der Waals surface area contributed by atoms with Crippen LogP contribution in [0.5, 0.6) is 5.75 Å². The molecule has 0 N–H and O–H groups in total. The Balaban J connectivity index is 1.61. The molecule has 2 aliphatic rings. The molecule has 0 atom stereocenters. The molecule has 1 amide bonds. The number of morpholine rings is 1. The van der Waals surface area contributed by atoms with Crippen LogP contribution in [0.4, 0.5) is 11.4 Å². The van der Waals surface area contributed by atoms with Crippen molar-refractivity contribution in [2.45, 2.75) is 65.5 Å². The molecule has 2 heterocycles. The molecule has 2 aliphatic heterocycles. The average molecular weight is 494 g/mol. The highest BCUT2D eigenvalue weighted by molar-refractivity contribution is 5.92. The molecule has 0 bridgehead atoms. The Morgan fingerprint density at radius 1 is 0.917 bits per heavy atom. The van der Waals surface area contributed by atoms with E-state index < -0.39 is 0 Å². The third-order valence-corrected chi connectivity index (χ3v) is 7.16. The fourth-order valence-corrected chi connectivity index (χ4v) is 5.19. The Morgan fingerprint density at radius 3 is 2.36 bits per heavy atom. The van der Waals surface area contributed by atoms with E-state index in [9.17, 15) is 4.79 Å². The van der Waals surface area contributed by atoms with Gasteiger partial charge in [0.2, 0.25) is 5.91 Å². The number of hydrogen-bond acceptors (Lipinski definition) is 5. The van der Waals surface area contributed by atoms with Gasteiger partial charge in [-0.3, -0.25) is 9.69 Å². The van der Waals surface area contributed by atoms with Crippen LogP contribution >= 0.6 is 0 Å². The Kier molecular flexibility index (Phi) is 10.1. The van der Waals surface area contributed by atoms with E-state index in [4.69, 9.17) is 9.47 Å². The van der Waals surface area contributed by atoms with Crippen LogP contribution < -0.4 is 14.5 Å². The number of carbonyl (C=O) groups excluding carboxylic acids is 1. The number of nitrogens with zero attached hydrogens (tertiary/aromatic N) is 3. The van der Waals surface area contributed by atoms with Crippen molar-refractivity contribution in [1.82, 2.24) is 4.90 Å². The minimum Gasteiger partial charge on any atom is -0.494 e. The van der Waals surface area contributed by atoms with Crippen LogP contribution in [0.2, 0.25) is 0 Å². The van der Waals surface area contributed by atoms with Gasteiger partial charge in [-0.05, 0) is 67.3 Å².